The van der Waals surface area contributed by atoms with E-state index in [-0.39, 0.29) is 5.91 Å². The molecule has 1 aromatic heterocycles. The highest BCUT2D eigenvalue weighted by molar-refractivity contribution is 14.1. The van der Waals surface area contributed by atoms with Crippen LogP contribution in [0, 0.1) is 10.5 Å². The van der Waals surface area contributed by atoms with Crippen molar-refractivity contribution in [2.75, 3.05) is 0 Å². The number of amides is 1. The molecule has 0 fully saturated rings. The number of halogens is 2. The first-order valence-corrected chi connectivity index (χ1v) is 14.2. The molecule has 1 N–H and O–H groups in total. The molecule has 0 atom stereocenters. The molecule has 0 spiro atoms. The Labute approximate surface area is 249 Å². The highest BCUT2D eigenvalue weighted by Crippen LogP contribution is 2.27. The van der Waals surface area contributed by atoms with E-state index >= 15 is 0 Å². The van der Waals surface area contributed by atoms with Crippen molar-refractivity contribution in [2.24, 2.45) is 5.10 Å². The summed E-state index contributed by atoms with van der Waals surface area (Å²) in [5, 5.41) is 4.19. The number of nitrogens with zero attached hydrogens (tertiary/aromatic N) is 2. The fourth-order valence-electron chi connectivity index (χ4n) is 4.20. The average molecular weight is 690 g/mol. The van der Waals surface area contributed by atoms with Gasteiger partial charge >= 0.3 is 0 Å². The van der Waals surface area contributed by atoms with Crippen molar-refractivity contribution in [3.63, 3.8) is 0 Å². The Kier molecular flexibility index (Phi) is 8.58. The van der Waals surface area contributed by atoms with Gasteiger partial charge in [-0.05, 0) is 107 Å². The van der Waals surface area contributed by atoms with Crippen molar-refractivity contribution in [3.8, 4) is 22.7 Å². The second kappa shape index (κ2) is 12.4. The van der Waals surface area contributed by atoms with Crippen LogP contribution in [-0.2, 0) is 6.61 Å². The number of carbonyl (C=O) groups is 1. The molecule has 1 heterocycles. The van der Waals surface area contributed by atoms with Crippen LogP contribution in [0.1, 0.15) is 27.2 Å². The Morgan fingerprint density at radius 3 is 2.44 bits per heavy atom. The van der Waals surface area contributed by atoms with Gasteiger partial charge in [0.1, 0.15) is 12.4 Å². The van der Waals surface area contributed by atoms with Crippen molar-refractivity contribution in [1.82, 2.24) is 9.99 Å². The lowest BCUT2D eigenvalue weighted by atomic mass is 10.1. The standard InChI is InChI=1S/C32H25BrIN3O2/c1-22-7-17-30(24-5-3-2-4-6-24)37(22)29-15-10-25(11-16-29)32(38)36-35-20-26-19-27(33)12-18-31(26)39-21-23-8-13-28(34)14-9-23/h2-20H,21H2,1H3,(H,36,38)/b35-20+. The Morgan fingerprint density at radius 2 is 1.69 bits per heavy atom. The number of hydrogen-bond acceptors (Lipinski definition) is 3. The molecule has 39 heavy (non-hydrogen) atoms. The van der Waals surface area contributed by atoms with Crippen LogP contribution in [0.2, 0.25) is 0 Å². The number of carbonyl (C=O) groups excluding carboxylic acids is 1. The molecule has 194 valence electrons. The molecule has 5 nitrogen and oxygen atoms in total. The molecule has 5 aromatic rings. The zero-order chi connectivity index (χ0) is 27.2. The zero-order valence-electron chi connectivity index (χ0n) is 21.1. The van der Waals surface area contributed by atoms with E-state index in [2.05, 4.69) is 84.8 Å². The fraction of sp³-hybridized carbons (Fsp3) is 0.0625. The normalized spacial score (nSPS) is 11.1. The van der Waals surface area contributed by atoms with Gasteiger partial charge in [0.05, 0.1) is 11.9 Å². The lowest BCUT2D eigenvalue weighted by molar-refractivity contribution is 0.0955. The number of nitrogens with one attached hydrogen (secondary N) is 1. The Morgan fingerprint density at radius 1 is 0.949 bits per heavy atom. The third kappa shape index (κ3) is 6.66. The monoisotopic (exact) mass is 689 g/mol. The van der Waals surface area contributed by atoms with Crippen molar-refractivity contribution in [3.05, 3.63) is 140 Å². The smallest absolute Gasteiger partial charge is 0.271 e. The summed E-state index contributed by atoms with van der Waals surface area (Å²) < 4.78 is 10.3. The van der Waals surface area contributed by atoms with Gasteiger partial charge in [0.15, 0.2) is 0 Å². The van der Waals surface area contributed by atoms with Gasteiger partial charge in [-0.3, -0.25) is 4.79 Å². The lowest BCUT2D eigenvalue weighted by Crippen LogP contribution is -2.17. The van der Waals surface area contributed by atoms with E-state index in [0.717, 1.165) is 38.2 Å². The maximum atomic E-state index is 12.8. The first-order valence-electron chi connectivity index (χ1n) is 12.3. The van der Waals surface area contributed by atoms with Crippen molar-refractivity contribution in [1.29, 1.82) is 0 Å². The largest absolute Gasteiger partial charge is 0.488 e. The van der Waals surface area contributed by atoms with Gasteiger partial charge in [-0.1, -0.05) is 58.4 Å². The van der Waals surface area contributed by atoms with Crippen molar-refractivity contribution in [2.45, 2.75) is 13.5 Å². The summed E-state index contributed by atoms with van der Waals surface area (Å²) in [6.45, 7) is 2.51. The first kappa shape index (κ1) is 26.9. The zero-order valence-corrected chi connectivity index (χ0v) is 24.9. The molecule has 0 unspecified atom stereocenters. The maximum absolute atomic E-state index is 12.8. The highest BCUT2D eigenvalue weighted by Gasteiger charge is 2.11. The average Bonchev–Trinajstić information content (AvgIpc) is 3.35. The van der Waals surface area contributed by atoms with Crippen LogP contribution in [0.4, 0.5) is 0 Å². The van der Waals surface area contributed by atoms with E-state index in [1.807, 2.05) is 84.9 Å². The van der Waals surface area contributed by atoms with E-state index in [1.54, 1.807) is 6.21 Å². The summed E-state index contributed by atoms with van der Waals surface area (Å²) >= 11 is 5.78. The maximum Gasteiger partial charge on any atom is 0.271 e. The molecule has 1 amide bonds. The Hall–Kier alpha value is -3.69. The van der Waals surface area contributed by atoms with Crippen LogP contribution in [0.25, 0.3) is 16.9 Å². The Bertz CT molecular complexity index is 1610. The molecular weight excluding hydrogens is 665 g/mol. The summed E-state index contributed by atoms with van der Waals surface area (Å²) in [6.07, 6.45) is 1.59. The predicted octanol–water partition coefficient (Wildman–Crippen LogP) is 8.16. The number of rotatable bonds is 8. The second-order valence-corrected chi connectivity index (χ2v) is 11.1. The number of aromatic nitrogens is 1. The minimum atomic E-state index is -0.290. The molecule has 0 saturated carbocycles. The molecule has 0 radical (unpaired) electrons. The van der Waals surface area contributed by atoms with E-state index in [0.29, 0.717) is 17.9 Å². The van der Waals surface area contributed by atoms with Gasteiger partial charge < -0.3 is 9.30 Å². The summed E-state index contributed by atoms with van der Waals surface area (Å²) in [6, 6.07) is 35.8. The van der Waals surface area contributed by atoms with Crippen LogP contribution in [0.3, 0.4) is 0 Å². The minimum Gasteiger partial charge on any atom is -0.488 e. The second-order valence-electron chi connectivity index (χ2n) is 8.90. The van der Waals surface area contributed by atoms with E-state index in [1.165, 1.54) is 3.57 Å². The van der Waals surface area contributed by atoms with Gasteiger partial charge in [0.2, 0.25) is 0 Å². The summed E-state index contributed by atoms with van der Waals surface area (Å²) in [7, 11) is 0. The van der Waals surface area contributed by atoms with Gasteiger partial charge in [-0.2, -0.15) is 5.10 Å². The summed E-state index contributed by atoms with van der Waals surface area (Å²) in [5.74, 6) is 0.386. The molecular formula is C32H25BrIN3O2. The van der Waals surface area contributed by atoms with E-state index < -0.39 is 0 Å². The fourth-order valence-corrected chi connectivity index (χ4v) is 4.93. The number of hydrogen-bond donors (Lipinski definition) is 1. The van der Waals surface area contributed by atoms with Gasteiger partial charge in [0, 0.05) is 30.6 Å². The predicted molar refractivity (Wildman–Crippen MR) is 169 cm³/mol. The summed E-state index contributed by atoms with van der Waals surface area (Å²) in [4.78, 5) is 12.8. The quantitative estimate of drug-likeness (QED) is 0.102. The third-order valence-corrected chi connectivity index (χ3v) is 7.39. The SMILES string of the molecule is Cc1ccc(-c2ccccc2)n1-c1ccc(C(=O)N/N=C/c2cc(Br)ccc2OCc2ccc(I)cc2)cc1. The van der Waals surface area contributed by atoms with E-state index in [4.69, 9.17) is 4.74 Å². The number of ether oxygens (including phenoxy) is 1. The van der Waals surface area contributed by atoms with Gasteiger partial charge in [-0.25, -0.2) is 5.43 Å². The van der Waals surface area contributed by atoms with Crippen LogP contribution in [0.15, 0.2) is 119 Å². The topological polar surface area (TPSA) is 55.6 Å². The van der Waals surface area contributed by atoms with Crippen LogP contribution in [0.5, 0.6) is 5.75 Å². The minimum absolute atomic E-state index is 0.290. The van der Waals surface area contributed by atoms with Crippen molar-refractivity contribution < 1.29 is 9.53 Å². The molecule has 0 bridgehead atoms. The number of aryl methyl sites for hydroxylation is 1. The molecule has 5 rings (SSSR count). The van der Waals surface area contributed by atoms with Gasteiger partial charge in [-0.15, -0.1) is 0 Å². The summed E-state index contributed by atoms with van der Waals surface area (Å²) in [5.41, 5.74) is 9.31. The first-order chi connectivity index (χ1) is 19.0. The molecule has 0 aliphatic rings. The Balaban J connectivity index is 1.27. The molecule has 7 heteroatoms. The van der Waals surface area contributed by atoms with Crippen molar-refractivity contribution >= 4 is 50.6 Å². The van der Waals surface area contributed by atoms with E-state index in [9.17, 15) is 4.79 Å². The highest BCUT2D eigenvalue weighted by atomic mass is 127. The molecule has 4 aromatic carbocycles. The third-order valence-electron chi connectivity index (χ3n) is 6.18. The van der Waals surface area contributed by atoms with Gasteiger partial charge in [0.25, 0.3) is 5.91 Å². The molecule has 0 aliphatic heterocycles. The van der Waals surface area contributed by atoms with Crippen LogP contribution >= 0.6 is 38.5 Å². The number of benzene rings is 4. The van der Waals surface area contributed by atoms with Crippen LogP contribution < -0.4 is 10.2 Å². The van der Waals surface area contributed by atoms with Crippen LogP contribution in [-0.4, -0.2) is 16.7 Å². The number of hydrazone groups is 1. The molecule has 0 aliphatic carbocycles. The molecule has 0 saturated heterocycles. The lowest BCUT2D eigenvalue weighted by Gasteiger charge is -2.13.